The van der Waals surface area contributed by atoms with Gasteiger partial charge in [-0.1, -0.05) is 116 Å². The fourth-order valence-electron chi connectivity index (χ4n) is 1.26. The summed E-state index contributed by atoms with van der Waals surface area (Å²) in [6.07, 6.45) is 1.31. The number of rotatable bonds is 2. The minimum absolute atomic E-state index is 0.884. The van der Waals surface area contributed by atoms with Gasteiger partial charge >= 0.3 is 0 Å². The van der Waals surface area contributed by atoms with E-state index in [1.165, 1.54) is 17.5 Å². The second kappa shape index (κ2) is 16.5. The maximum Gasteiger partial charge on any atom is -0.0184 e. The number of hydrogen-bond acceptors (Lipinski definition) is 0. The van der Waals surface area contributed by atoms with Crippen LogP contribution in [0.4, 0.5) is 0 Å². The highest BCUT2D eigenvalue weighted by molar-refractivity contribution is 5.62. The molecule has 0 aliphatic rings. The summed E-state index contributed by atoms with van der Waals surface area (Å²) in [5, 5.41) is 0. The molecule has 2 aromatic carbocycles. The van der Waals surface area contributed by atoms with Crippen molar-refractivity contribution in [2.24, 2.45) is 5.92 Å². The van der Waals surface area contributed by atoms with Crippen LogP contribution in [0.25, 0.3) is 11.1 Å². The topological polar surface area (TPSA) is 0 Å². The van der Waals surface area contributed by atoms with E-state index in [-0.39, 0.29) is 0 Å². The fraction of sp³-hybridized carbons (Fsp3) is 0.429. The SMILES string of the molecule is CC.CC.CCC(C)C.c1ccc(-c2ccccc2)cc1. The van der Waals surface area contributed by atoms with Gasteiger partial charge in [-0.05, 0) is 17.0 Å². The van der Waals surface area contributed by atoms with Crippen molar-refractivity contribution in [3.05, 3.63) is 60.7 Å². The predicted octanol–water partition coefficient (Wildman–Crippen LogP) is 7.46. The molecule has 0 heteroatoms. The van der Waals surface area contributed by atoms with Gasteiger partial charge in [-0.15, -0.1) is 0 Å². The van der Waals surface area contributed by atoms with Crippen molar-refractivity contribution in [2.75, 3.05) is 0 Å². The molecule has 0 amide bonds. The summed E-state index contributed by atoms with van der Waals surface area (Å²) in [6, 6.07) is 20.8. The Hall–Kier alpha value is -1.56. The summed E-state index contributed by atoms with van der Waals surface area (Å²) in [4.78, 5) is 0. The molecule has 0 saturated carbocycles. The van der Waals surface area contributed by atoms with E-state index in [0.29, 0.717) is 0 Å². The molecule has 0 heterocycles. The van der Waals surface area contributed by atoms with Crippen LogP contribution in [0.5, 0.6) is 0 Å². The van der Waals surface area contributed by atoms with E-state index in [1.54, 1.807) is 0 Å². The second-order valence-electron chi connectivity index (χ2n) is 4.53. The van der Waals surface area contributed by atoms with Crippen LogP contribution in [0.1, 0.15) is 54.9 Å². The minimum atomic E-state index is 0.884. The van der Waals surface area contributed by atoms with Crippen molar-refractivity contribution in [1.82, 2.24) is 0 Å². The second-order valence-corrected chi connectivity index (χ2v) is 4.53. The molecule has 0 nitrogen and oxygen atoms in total. The first kappa shape index (κ1) is 21.7. The van der Waals surface area contributed by atoms with Gasteiger partial charge in [0.2, 0.25) is 0 Å². The number of hydrogen-bond donors (Lipinski definition) is 0. The Labute approximate surface area is 133 Å². The fourth-order valence-corrected chi connectivity index (χ4v) is 1.26. The van der Waals surface area contributed by atoms with Crippen molar-refractivity contribution >= 4 is 0 Å². The molecular weight excluding hydrogens is 252 g/mol. The molecule has 21 heavy (non-hydrogen) atoms. The first-order valence-electron chi connectivity index (χ1n) is 8.34. The molecule has 0 fully saturated rings. The molecule has 0 aliphatic carbocycles. The third-order valence-electron chi connectivity index (χ3n) is 2.70. The van der Waals surface area contributed by atoms with Gasteiger partial charge in [0.15, 0.2) is 0 Å². The summed E-state index contributed by atoms with van der Waals surface area (Å²) >= 11 is 0. The summed E-state index contributed by atoms with van der Waals surface area (Å²) < 4.78 is 0. The van der Waals surface area contributed by atoms with Crippen molar-refractivity contribution in [1.29, 1.82) is 0 Å². The monoisotopic (exact) mass is 286 g/mol. The zero-order chi connectivity index (χ0) is 16.5. The van der Waals surface area contributed by atoms with Gasteiger partial charge in [-0.3, -0.25) is 0 Å². The van der Waals surface area contributed by atoms with Crippen LogP contribution in [-0.2, 0) is 0 Å². The molecule has 0 unspecified atom stereocenters. The summed E-state index contributed by atoms with van der Waals surface area (Å²) in [7, 11) is 0. The van der Waals surface area contributed by atoms with Gasteiger partial charge < -0.3 is 0 Å². The van der Waals surface area contributed by atoms with E-state index < -0.39 is 0 Å². The zero-order valence-electron chi connectivity index (χ0n) is 15.1. The van der Waals surface area contributed by atoms with Crippen LogP contribution in [0.3, 0.4) is 0 Å². The van der Waals surface area contributed by atoms with Gasteiger partial charge in [-0.2, -0.15) is 0 Å². The molecule has 2 aromatic rings. The van der Waals surface area contributed by atoms with Crippen LogP contribution >= 0.6 is 0 Å². The van der Waals surface area contributed by atoms with E-state index in [1.807, 2.05) is 39.8 Å². The van der Waals surface area contributed by atoms with E-state index in [2.05, 4.69) is 69.3 Å². The van der Waals surface area contributed by atoms with Crippen molar-refractivity contribution < 1.29 is 0 Å². The summed E-state index contributed by atoms with van der Waals surface area (Å²) in [5.74, 6) is 0.884. The van der Waals surface area contributed by atoms with Gasteiger partial charge in [0.25, 0.3) is 0 Å². The van der Waals surface area contributed by atoms with Crippen molar-refractivity contribution in [3.8, 4) is 11.1 Å². The van der Waals surface area contributed by atoms with Crippen molar-refractivity contribution in [3.63, 3.8) is 0 Å². The van der Waals surface area contributed by atoms with Gasteiger partial charge in [-0.25, -0.2) is 0 Å². The first-order valence-corrected chi connectivity index (χ1v) is 8.34. The Balaban J connectivity index is 0. The predicted molar refractivity (Wildman–Crippen MR) is 99.7 cm³/mol. The Morgan fingerprint density at radius 3 is 1.05 bits per heavy atom. The Morgan fingerprint density at radius 2 is 0.857 bits per heavy atom. The molecule has 0 atom stereocenters. The van der Waals surface area contributed by atoms with Crippen LogP contribution in [0.2, 0.25) is 0 Å². The van der Waals surface area contributed by atoms with Crippen molar-refractivity contribution in [2.45, 2.75) is 54.9 Å². The van der Waals surface area contributed by atoms with E-state index in [4.69, 9.17) is 0 Å². The largest absolute Gasteiger partial charge is 0.0683 e. The summed E-state index contributed by atoms with van der Waals surface area (Å²) in [5.41, 5.74) is 2.55. The first-order chi connectivity index (χ1) is 10.2. The van der Waals surface area contributed by atoms with Gasteiger partial charge in [0.1, 0.15) is 0 Å². The Bertz CT molecular complexity index is 349. The molecule has 0 spiro atoms. The molecule has 0 saturated heterocycles. The van der Waals surface area contributed by atoms with E-state index >= 15 is 0 Å². The Morgan fingerprint density at radius 1 is 0.619 bits per heavy atom. The van der Waals surface area contributed by atoms with E-state index in [9.17, 15) is 0 Å². The van der Waals surface area contributed by atoms with Crippen LogP contribution in [0, 0.1) is 5.92 Å². The highest BCUT2D eigenvalue weighted by Gasteiger charge is 1.91. The highest BCUT2D eigenvalue weighted by Crippen LogP contribution is 2.17. The third-order valence-corrected chi connectivity index (χ3v) is 2.70. The standard InChI is InChI=1S/C12H10.C5H12.2C2H6/c1-3-7-11(8-4-1)12-9-5-2-6-10-12;1-4-5(2)3;2*1-2/h1-10H;5H,4H2,1-3H3;2*1-2H3. The van der Waals surface area contributed by atoms with Gasteiger partial charge in [0, 0.05) is 0 Å². The molecule has 0 radical (unpaired) electrons. The van der Waals surface area contributed by atoms with Crippen LogP contribution in [0.15, 0.2) is 60.7 Å². The van der Waals surface area contributed by atoms with Crippen LogP contribution < -0.4 is 0 Å². The lowest BCUT2D eigenvalue weighted by Crippen LogP contribution is -1.77. The molecule has 0 aliphatic heterocycles. The average Bonchev–Trinajstić information content (AvgIpc) is 2.60. The molecule has 0 bridgehead atoms. The van der Waals surface area contributed by atoms with Gasteiger partial charge in [0.05, 0.1) is 0 Å². The molecule has 0 N–H and O–H groups in total. The lowest BCUT2D eigenvalue weighted by Gasteiger charge is -1.98. The molecule has 2 rings (SSSR count). The molecule has 118 valence electrons. The minimum Gasteiger partial charge on any atom is -0.0683 e. The smallest absolute Gasteiger partial charge is 0.0184 e. The van der Waals surface area contributed by atoms with Crippen LogP contribution in [-0.4, -0.2) is 0 Å². The maximum absolute atomic E-state index is 2.22. The molecule has 0 aromatic heterocycles. The maximum atomic E-state index is 2.22. The normalized spacial score (nSPS) is 8.38. The zero-order valence-corrected chi connectivity index (χ0v) is 15.1. The lowest BCUT2D eigenvalue weighted by molar-refractivity contribution is 0.626. The Kier molecular flexibility index (Phi) is 17.1. The summed E-state index contributed by atoms with van der Waals surface area (Å²) in [6.45, 7) is 14.6. The quantitative estimate of drug-likeness (QED) is 0.537. The lowest BCUT2D eigenvalue weighted by atomic mass is 10.1. The third kappa shape index (κ3) is 11.9. The average molecular weight is 287 g/mol. The molecular formula is C21H34. The van der Waals surface area contributed by atoms with E-state index in [0.717, 1.165) is 5.92 Å². The highest BCUT2D eigenvalue weighted by atomic mass is 14.0. The number of benzene rings is 2.